The van der Waals surface area contributed by atoms with Crippen LogP contribution in [0.3, 0.4) is 0 Å². The number of methoxy groups -OCH3 is 1. The van der Waals surface area contributed by atoms with E-state index in [1.807, 2.05) is 46.2 Å². The Labute approximate surface area is 340 Å². The Morgan fingerprint density at radius 3 is 2.14 bits per heavy atom. The molecule has 2 heterocycles. The predicted octanol–water partition coefficient (Wildman–Crippen LogP) is 7.47. The summed E-state index contributed by atoms with van der Waals surface area (Å²) in [5.74, 6) is 1.50. The van der Waals surface area contributed by atoms with Crippen LogP contribution in [0, 0.1) is 0 Å². The highest BCUT2D eigenvalue weighted by Crippen LogP contribution is 2.34. The number of benzene rings is 5. The number of rotatable bonds is 16. The number of nitrogens with zero attached hydrogens (tertiary/aromatic N) is 2. The highest BCUT2D eigenvalue weighted by Gasteiger charge is 2.34. The van der Waals surface area contributed by atoms with Crippen LogP contribution < -0.4 is 14.4 Å². The normalized spacial score (nSPS) is 16.5. The van der Waals surface area contributed by atoms with Gasteiger partial charge < -0.3 is 39.0 Å². The van der Waals surface area contributed by atoms with Gasteiger partial charge in [0.15, 0.2) is 0 Å². The summed E-state index contributed by atoms with van der Waals surface area (Å²) in [7, 11) is 1.66. The molecule has 10 nitrogen and oxygen atoms in total. The average Bonchev–Trinajstić information content (AvgIpc) is 3.29. The monoisotopic (exact) mass is 784 g/mol. The van der Waals surface area contributed by atoms with Gasteiger partial charge in [-0.05, 0) is 95.6 Å². The molecule has 5 aromatic carbocycles. The van der Waals surface area contributed by atoms with Crippen LogP contribution in [-0.2, 0) is 42.3 Å². The van der Waals surface area contributed by atoms with Gasteiger partial charge in [-0.25, -0.2) is 0 Å². The molecule has 10 heteroatoms. The second-order valence-electron chi connectivity index (χ2n) is 14.9. The molecule has 1 fully saturated rings. The summed E-state index contributed by atoms with van der Waals surface area (Å²) in [6.07, 6.45) is 2.94. The molecule has 0 saturated carbocycles. The molecule has 2 aliphatic rings. The summed E-state index contributed by atoms with van der Waals surface area (Å²) in [6, 6.07) is 36.4. The fraction of sp³-hybridized carbons (Fsp3) is 0.333. The van der Waals surface area contributed by atoms with Crippen LogP contribution in [0.1, 0.15) is 79.3 Å². The number of carbonyl (C=O) groups excluding carboxylic acids is 2. The quantitative estimate of drug-likeness (QED) is 0.0991. The molecule has 58 heavy (non-hydrogen) atoms. The number of carbonyl (C=O) groups is 2. The molecular formula is C48H52N2O8. The summed E-state index contributed by atoms with van der Waals surface area (Å²) in [5, 5.41) is 19.0. The highest BCUT2D eigenvalue weighted by molar-refractivity contribution is 6.06. The van der Waals surface area contributed by atoms with Crippen molar-refractivity contribution < 1.29 is 38.7 Å². The van der Waals surface area contributed by atoms with Gasteiger partial charge in [-0.1, -0.05) is 66.7 Å². The van der Waals surface area contributed by atoms with Crippen LogP contribution in [0.4, 0.5) is 5.69 Å². The molecule has 2 atom stereocenters. The minimum absolute atomic E-state index is 0.0378. The number of piperidine rings is 1. The molecule has 302 valence electrons. The van der Waals surface area contributed by atoms with Gasteiger partial charge in [0.2, 0.25) is 0 Å². The van der Waals surface area contributed by atoms with E-state index in [0.717, 1.165) is 76.3 Å². The largest absolute Gasteiger partial charge is 0.496 e. The first-order chi connectivity index (χ1) is 28.4. The molecule has 0 radical (unpaired) electrons. The highest BCUT2D eigenvalue weighted by atomic mass is 16.5. The van der Waals surface area contributed by atoms with E-state index in [-0.39, 0.29) is 37.0 Å². The fourth-order valence-corrected chi connectivity index (χ4v) is 7.79. The van der Waals surface area contributed by atoms with Crippen molar-refractivity contribution in [2.75, 3.05) is 44.9 Å². The molecule has 7 rings (SSSR count). The van der Waals surface area contributed by atoms with E-state index in [9.17, 15) is 19.8 Å². The zero-order valence-corrected chi connectivity index (χ0v) is 33.1. The zero-order chi connectivity index (χ0) is 40.3. The van der Waals surface area contributed by atoms with E-state index in [1.54, 1.807) is 55.6 Å². The Bertz CT molecular complexity index is 2120. The number of hydrogen-bond acceptors (Lipinski definition) is 8. The zero-order valence-electron chi connectivity index (χ0n) is 33.1. The van der Waals surface area contributed by atoms with Crippen LogP contribution in [0.25, 0.3) is 0 Å². The average molecular weight is 785 g/mol. The van der Waals surface area contributed by atoms with Crippen molar-refractivity contribution in [3.8, 4) is 11.5 Å². The van der Waals surface area contributed by atoms with Crippen molar-refractivity contribution in [3.05, 3.63) is 160 Å². The SMILES string of the molecule is COc1ccccc1COCCCOc1ccc(C2CCN(C(=O)c3ccc(CO)cc3)CC2OCc2ccc3c(c2)N(C(=O)c2ccc(CO)cc2)CCC3)cc1. The Hall–Kier alpha value is -5.52. The third kappa shape index (κ3) is 9.94. The molecule has 1 saturated heterocycles. The first-order valence-electron chi connectivity index (χ1n) is 20.1. The van der Waals surface area contributed by atoms with Crippen molar-refractivity contribution in [1.82, 2.24) is 4.90 Å². The van der Waals surface area contributed by atoms with Crippen LogP contribution >= 0.6 is 0 Å². The first-order valence-corrected chi connectivity index (χ1v) is 20.1. The van der Waals surface area contributed by atoms with Gasteiger partial charge in [0.1, 0.15) is 11.5 Å². The molecule has 0 aliphatic carbocycles. The summed E-state index contributed by atoms with van der Waals surface area (Å²) in [5.41, 5.74) is 7.77. The molecule has 2 N–H and O–H groups in total. The second kappa shape index (κ2) is 19.8. The van der Waals surface area contributed by atoms with E-state index >= 15 is 0 Å². The van der Waals surface area contributed by atoms with Gasteiger partial charge in [0.05, 0.1) is 52.9 Å². The number of para-hydroxylation sites is 1. The maximum atomic E-state index is 13.7. The molecule has 0 bridgehead atoms. The third-order valence-corrected chi connectivity index (χ3v) is 11.1. The Balaban J connectivity index is 1.01. The number of hydrogen-bond donors (Lipinski definition) is 2. The van der Waals surface area contributed by atoms with Crippen molar-refractivity contribution in [3.63, 3.8) is 0 Å². The number of aliphatic hydroxyl groups is 2. The number of anilines is 1. The van der Waals surface area contributed by atoms with E-state index in [2.05, 4.69) is 30.3 Å². The van der Waals surface area contributed by atoms with E-state index in [1.165, 1.54) is 0 Å². The smallest absolute Gasteiger partial charge is 0.258 e. The Morgan fingerprint density at radius 2 is 1.43 bits per heavy atom. The topological polar surface area (TPSA) is 118 Å². The third-order valence-electron chi connectivity index (χ3n) is 11.1. The van der Waals surface area contributed by atoms with E-state index < -0.39 is 0 Å². The second-order valence-corrected chi connectivity index (χ2v) is 14.9. The number of ether oxygens (including phenoxy) is 4. The Kier molecular flexibility index (Phi) is 13.9. The van der Waals surface area contributed by atoms with Crippen LogP contribution in [0.5, 0.6) is 11.5 Å². The number of aryl methyl sites for hydroxylation is 1. The molecule has 2 aliphatic heterocycles. The van der Waals surface area contributed by atoms with E-state index in [0.29, 0.717) is 57.2 Å². The molecule has 0 aromatic heterocycles. The maximum Gasteiger partial charge on any atom is 0.258 e. The summed E-state index contributed by atoms with van der Waals surface area (Å²) >= 11 is 0. The predicted molar refractivity (Wildman–Crippen MR) is 222 cm³/mol. The van der Waals surface area contributed by atoms with Gasteiger partial charge in [-0.2, -0.15) is 0 Å². The number of likely N-dealkylation sites (tertiary alicyclic amines) is 1. The minimum Gasteiger partial charge on any atom is -0.496 e. The minimum atomic E-state index is -0.291. The van der Waals surface area contributed by atoms with Gasteiger partial charge >= 0.3 is 0 Å². The van der Waals surface area contributed by atoms with Crippen molar-refractivity contribution in [1.29, 1.82) is 0 Å². The van der Waals surface area contributed by atoms with Gasteiger partial charge in [-0.3, -0.25) is 9.59 Å². The van der Waals surface area contributed by atoms with Crippen molar-refractivity contribution >= 4 is 17.5 Å². The Morgan fingerprint density at radius 1 is 0.741 bits per heavy atom. The molecule has 2 unspecified atom stereocenters. The van der Waals surface area contributed by atoms with Gasteiger partial charge in [0, 0.05) is 54.4 Å². The van der Waals surface area contributed by atoms with Gasteiger partial charge in [0.25, 0.3) is 11.8 Å². The number of amides is 2. The lowest BCUT2D eigenvalue weighted by molar-refractivity contribution is -0.0198. The summed E-state index contributed by atoms with van der Waals surface area (Å²) < 4.78 is 24.1. The van der Waals surface area contributed by atoms with Crippen LogP contribution in [0.2, 0.25) is 0 Å². The molecule has 2 amide bonds. The van der Waals surface area contributed by atoms with Gasteiger partial charge in [-0.15, -0.1) is 0 Å². The van der Waals surface area contributed by atoms with Crippen molar-refractivity contribution in [2.24, 2.45) is 0 Å². The van der Waals surface area contributed by atoms with Crippen molar-refractivity contribution in [2.45, 2.75) is 64.1 Å². The lowest BCUT2D eigenvalue weighted by Gasteiger charge is -2.39. The summed E-state index contributed by atoms with van der Waals surface area (Å²) in [4.78, 5) is 31.1. The molecule has 5 aromatic rings. The lowest BCUT2D eigenvalue weighted by atomic mass is 9.86. The standard InChI is InChI=1S/C48H52N2O8/c1-55-45-8-3-2-6-41(45)33-56-26-5-27-57-42-21-19-37(20-22-42)43-23-25-49(47(53)39-15-9-34(30-51)10-16-39)29-46(43)58-32-36-13-14-38-7-4-24-50(44(38)28-36)48(54)40-17-11-35(31-52)12-18-40/h2-3,6,8-22,28,43,46,51-52H,4-5,7,23-27,29-33H2,1H3. The first kappa shape index (κ1) is 40.7. The molecule has 0 spiro atoms. The molecular weight excluding hydrogens is 733 g/mol. The fourth-order valence-electron chi connectivity index (χ4n) is 7.79. The maximum absolute atomic E-state index is 13.7. The number of fused-ring (bicyclic) bond motifs is 1. The van der Waals surface area contributed by atoms with E-state index in [4.69, 9.17) is 18.9 Å². The van der Waals surface area contributed by atoms with Crippen LogP contribution in [-0.4, -0.2) is 73.0 Å². The lowest BCUT2D eigenvalue weighted by Crippen LogP contribution is -2.46. The number of aliphatic hydroxyl groups excluding tert-OH is 2. The summed E-state index contributed by atoms with van der Waals surface area (Å²) in [6.45, 7) is 3.35. The van der Waals surface area contributed by atoms with Crippen LogP contribution in [0.15, 0.2) is 115 Å².